The van der Waals surface area contributed by atoms with Crippen molar-refractivity contribution >= 4 is 11.8 Å². The fraction of sp³-hybridized carbons (Fsp3) is 0.538. The third-order valence-electron chi connectivity index (χ3n) is 2.49. The van der Waals surface area contributed by atoms with Crippen molar-refractivity contribution in [2.75, 3.05) is 26.0 Å². The number of benzene rings is 1. The van der Waals surface area contributed by atoms with Crippen molar-refractivity contribution in [3.63, 3.8) is 0 Å². The molecular formula is C13H20FNOS. The Balaban J connectivity index is 2.79. The van der Waals surface area contributed by atoms with Crippen LogP contribution in [0, 0.1) is 5.82 Å². The highest BCUT2D eigenvalue weighted by Crippen LogP contribution is 2.28. The van der Waals surface area contributed by atoms with Crippen LogP contribution < -0.4 is 5.32 Å². The van der Waals surface area contributed by atoms with Gasteiger partial charge in [0.15, 0.2) is 0 Å². The van der Waals surface area contributed by atoms with E-state index in [1.165, 1.54) is 6.07 Å². The molecular weight excluding hydrogens is 237 g/mol. The van der Waals surface area contributed by atoms with Gasteiger partial charge in [0.05, 0.1) is 6.61 Å². The molecule has 0 aromatic heterocycles. The lowest BCUT2D eigenvalue weighted by atomic mass is 10.1. The smallest absolute Gasteiger partial charge is 0.123 e. The summed E-state index contributed by atoms with van der Waals surface area (Å²) in [6, 6.07) is 5.14. The highest BCUT2D eigenvalue weighted by atomic mass is 32.2. The van der Waals surface area contributed by atoms with Crippen LogP contribution in [0.2, 0.25) is 0 Å². The molecule has 0 fully saturated rings. The molecule has 1 N–H and O–H groups in total. The van der Waals surface area contributed by atoms with Crippen LogP contribution in [-0.4, -0.2) is 26.0 Å². The first-order valence-corrected chi connectivity index (χ1v) is 6.82. The summed E-state index contributed by atoms with van der Waals surface area (Å²) in [6.45, 7) is 5.68. The van der Waals surface area contributed by atoms with Gasteiger partial charge in [-0.2, -0.15) is 0 Å². The zero-order chi connectivity index (χ0) is 12.7. The van der Waals surface area contributed by atoms with Crippen molar-refractivity contribution in [2.24, 2.45) is 0 Å². The molecule has 0 bridgehead atoms. The molecule has 1 unspecified atom stereocenters. The molecule has 0 saturated heterocycles. The monoisotopic (exact) mass is 257 g/mol. The van der Waals surface area contributed by atoms with Gasteiger partial charge in [-0.15, -0.1) is 11.8 Å². The lowest BCUT2D eigenvalue weighted by Crippen LogP contribution is -2.18. The molecule has 0 aliphatic rings. The van der Waals surface area contributed by atoms with E-state index >= 15 is 0 Å². The normalized spacial score (nSPS) is 12.7. The molecule has 1 atom stereocenters. The quantitative estimate of drug-likeness (QED) is 0.598. The van der Waals surface area contributed by atoms with E-state index in [1.54, 1.807) is 24.9 Å². The maximum absolute atomic E-state index is 13.3. The summed E-state index contributed by atoms with van der Waals surface area (Å²) in [4.78, 5) is 1.12. The summed E-state index contributed by atoms with van der Waals surface area (Å²) in [6.07, 6.45) is 0. The van der Waals surface area contributed by atoms with Crippen LogP contribution in [0.1, 0.15) is 25.5 Å². The highest BCUT2D eigenvalue weighted by molar-refractivity contribution is 7.99. The van der Waals surface area contributed by atoms with E-state index in [0.717, 1.165) is 22.8 Å². The zero-order valence-corrected chi connectivity index (χ0v) is 11.4. The molecule has 0 heterocycles. The SMILES string of the molecule is CCNC(C)c1cc(F)ccc1SCCOC. The van der Waals surface area contributed by atoms with Crippen LogP contribution in [0.5, 0.6) is 0 Å². The topological polar surface area (TPSA) is 21.3 Å². The average molecular weight is 257 g/mol. The van der Waals surface area contributed by atoms with E-state index in [0.29, 0.717) is 6.61 Å². The maximum atomic E-state index is 13.3. The second kappa shape index (κ2) is 7.69. The Labute approximate surface area is 107 Å². The molecule has 96 valence electrons. The Morgan fingerprint density at radius 2 is 2.24 bits per heavy atom. The Morgan fingerprint density at radius 1 is 1.47 bits per heavy atom. The van der Waals surface area contributed by atoms with E-state index in [-0.39, 0.29) is 11.9 Å². The lowest BCUT2D eigenvalue weighted by Gasteiger charge is -2.17. The number of thioether (sulfide) groups is 1. The number of halogens is 1. The van der Waals surface area contributed by atoms with Gasteiger partial charge >= 0.3 is 0 Å². The van der Waals surface area contributed by atoms with Gasteiger partial charge in [0, 0.05) is 23.8 Å². The van der Waals surface area contributed by atoms with Gasteiger partial charge in [-0.25, -0.2) is 4.39 Å². The van der Waals surface area contributed by atoms with Gasteiger partial charge in [0.2, 0.25) is 0 Å². The summed E-state index contributed by atoms with van der Waals surface area (Å²) in [5, 5.41) is 3.31. The molecule has 4 heteroatoms. The number of nitrogens with one attached hydrogen (secondary N) is 1. The molecule has 0 spiro atoms. The standard InChI is InChI=1S/C13H20FNOS/c1-4-15-10(2)12-9-11(14)5-6-13(12)17-8-7-16-3/h5-6,9-10,15H,4,7-8H2,1-3H3. The van der Waals surface area contributed by atoms with E-state index < -0.39 is 0 Å². The van der Waals surface area contributed by atoms with Crippen molar-refractivity contribution in [2.45, 2.75) is 24.8 Å². The van der Waals surface area contributed by atoms with Crippen molar-refractivity contribution < 1.29 is 9.13 Å². The van der Waals surface area contributed by atoms with E-state index in [2.05, 4.69) is 12.2 Å². The minimum Gasteiger partial charge on any atom is -0.384 e. The summed E-state index contributed by atoms with van der Waals surface area (Å²) in [5.74, 6) is 0.703. The number of hydrogen-bond acceptors (Lipinski definition) is 3. The first-order chi connectivity index (χ1) is 8.19. The van der Waals surface area contributed by atoms with E-state index in [1.807, 2.05) is 13.0 Å². The first kappa shape index (κ1) is 14.5. The predicted molar refractivity (Wildman–Crippen MR) is 71.1 cm³/mol. The van der Waals surface area contributed by atoms with Crippen molar-refractivity contribution in [3.8, 4) is 0 Å². The fourth-order valence-corrected chi connectivity index (χ4v) is 2.68. The third kappa shape index (κ3) is 4.66. The predicted octanol–water partition coefficient (Wildman–Crippen LogP) is 3.23. The number of methoxy groups -OCH3 is 1. The Bertz CT molecular complexity index is 346. The Kier molecular flexibility index (Phi) is 6.55. The van der Waals surface area contributed by atoms with Gasteiger partial charge < -0.3 is 10.1 Å². The van der Waals surface area contributed by atoms with Crippen LogP contribution in [-0.2, 0) is 4.74 Å². The second-order valence-electron chi connectivity index (χ2n) is 3.80. The second-order valence-corrected chi connectivity index (χ2v) is 4.94. The number of rotatable bonds is 7. The maximum Gasteiger partial charge on any atom is 0.123 e. The summed E-state index contributed by atoms with van der Waals surface area (Å²) < 4.78 is 18.3. The largest absolute Gasteiger partial charge is 0.384 e. The van der Waals surface area contributed by atoms with Gasteiger partial charge in [-0.05, 0) is 37.2 Å². The van der Waals surface area contributed by atoms with Crippen LogP contribution in [0.15, 0.2) is 23.1 Å². The average Bonchev–Trinajstić information content (AvgIpc) is 2.31. The van der Waals surface area contributed by atoms with Crippen LogP contribution in [0.25, 0.3) is 0 Å². The minimum absolute atomic E-state index is 0.167. The molecule has 0 aliphatic heterocycles. The lowest BCUT2D eigenvalue weighted by molar-refractivity contribution is 0.218. The van der Waals surface area contributed by atoms with E-state index in [4.69, 9.17) is 4.74 Å². The molecule has 2 nitrogen and oxygen atoms in total. The number of hydrogen-bond donors (Lipinski definition) is 1. The van der Waals surface area contributed by atoms with Crippen molar-refractivity contribution in [3.05, 3.63) is 29.6 Å². The molecule has 0 aliphatic carbocycles. The molecule has 17 heavy (non-hydrogen) atoms. The fourth-order valence-electron chi connectivity index (χ4n) is 1.64. The Morgan fingerprint density at radius 3 is 2.88 bits per heavy atom. The molecule has 0 saturated carbocycles. The van der Waals surface area contributed by atoms with Gasteiger partial charge in [0.25, 0.3) is 0 Å². The molecule has 1 aromatic carbocycles. The molecule has 0 amide bonds. The number of ether oxygens (including phenoxy) is 1. The van der Waals surface area contributed by atoms with Crippen molar-refractivity contribution in [1.29, 1.82) is 0 Å². The van der Waals surface area contributed by atoms with Crippen LogP contribution in [0.4, 0.5) is 4.39 Å². The van der Waals surface area contributed by atoms with Crippen molar-refractivity contribution in [1.82, 2.24) is 5.32 Å². The zero-order valence-electron chi connectivity index (χ0n) is 10.6. The third-order valence-corrected chi connectivity index (χ3v) is 3.55. The van der Waals surface area contributed by atoms with Gasteiger partial charge in [-0.3, -0.25) is 0 Å². The van der Waals surface area contributed by atoms with Gasteiger partial charge in [0.1, 0.15) is 5.82 Å². The molecule has 1 aromatic rings. The van der Waals surface area contributed by atoms with Gasteiger partial charge in [-0.1, -0.05) is 6.92 Å². The molecule has 1 rings (SSSR count). The summed E-state index contributed by atoms with van der Waals surface area (Å²) >= 11 is 1.70. The summed E-state index contributed by atoms with van der Waals surface area (Å²) in [7, 11) is 1.69. The first-order valence-electron chi connectivity index (χ1n) is 5.83. The Hall–Kier alpha value is -0.580. The summed E-state index contributed by atoms with van der Waals surface area (Å²) in [5.41, 5.74) is 1.02. The highest BCUT2D eigenvalue weighted by Gasteiger charge is 2.11. The molecule has 0 radical (unpaired) electrons. The van der Waals surface area contributed by atoms with E-state index in [9.17, 15) is 4.39 Å². The minimum atomic E-state index is -0.180. The van der Waals surface area contributed by atoms with Crippen LogP contribution >= 0.6 is 11.8 Å². The van der Waals surface area contributed by atoms with Crippen LogP contribution in [0.3, 0.4) is 0 Å².